The second-order valence-corrected chi connectivity index (χ2v) is 2.31. The standard InChI is InChI=1S/C7H9BNO2/c1-5-4-9-6(2)3-7(5)11-8-10/h3-4,10H,1-2H3. The number of pyridine rings is 1. The Labute approximate surface area is 66.3 Å². The van der Waals surface area contributed by atoms with Gasteiger partial charge in [0.05, 0.1) is 0 Å². The molecule has 1 rings (SSSR count). The number of hydrogen-bond acceptors (Lipinski definition) is 3. The van der Waals surface area contributed by atoms with Gasteiger partial charge in [-0.25, -0.2) is 0 Å². The van der Waals surface area contributed by atoms with E-state index in [1.165, 1.54) is 0 Å². The van der Waals surface area contributed by atoms with Crippen LogP contribution in [0, 0.1) is 13.8 Å². The molecule has 0 atom stereocenters. The largest absolute Gasteiger partial charge is 0.569 e. The first-order valence-corrected chi connectivity index (χ1v) is 3.30. The lowest BCUT2D eigenvalue weighted by Crippen LogP contribution is -2.02. The Kier molecular flexibility index (Phi) is 2.49. The summed E-state index contributed by atoms with van der Waals surface area (Å²) in [7, 11) is 0.668. The molecule has 0 aliphatic heterocycles. The van der Waals surface area contributed by atoms with Crippen molar-refractivity contribution in [3.05, 3.63) is 23.5 Å². The average Bonchev–Trinajstić information content (AvgIpc) is 1.98. The lowest BCUT2D eigenvalue weighted by atomic mass is 10.2. The number of aromatic nitrogens is 1. The van der Waals surface area contributed by atoms with Gasteiger partial charge >= 0.3 is 7.69 Å². The van der Waals surface area contributed by atoms with Crippen molar-refractivity contribution in [3.8, 4) is 5.75 Å². The van der Waals surface area contributed by atoms with Crippen molar-refractivity contribution in [2.75, 3.05) is 0 Å². The Morgan fingerprint density at radius 1 is 1.55 bits per heavy atom. The van der Waals surface area contributed by atoms with Gasteiger partial charge in [0.15, 0.2) is 0 Å². The molecule has 0 amide bonds. The van der Waals surface area contributed by atoms with Crippen molar-refractivity contribution in [3.63, 3.8) is 0 Å². The third-order valence-electron chi connectivity index (χ3n) is 1.37. The third kappa shape index (κ3) is 1.95. The molecular formula is C7H9BNO2. The maximum Gasteiger partial charge on any atom is 0.569 e. The zero-order valence-corrected chi connectivity index (χ0v) is 6.53. The summed E-state index contributed by atoms with van der Waals surface area (Å²) < 4.78 is 4.81. The van der Waals surface area contributed by atoms with Crippen LogP contribution in [0.5, 0.6) is 5.75 Å². The van der Waals surface area contributed by atoms with E-state index in [1.807, 2.05) is 13.8 Å². The maximum atomic E-state index is 8.37. The summed E-state index contributed by atoms with van der Waals surface area (Å²) in [6, 6.07) is 1.77. The molecule has 0 fully saturated rings. The molecule has 1 heterocycles. The predicted octanol–water partition coefficient (Wildman–Crippen LogP) is 0.604. The van der Waals surface area contributed by atoms with E-state index in [-0.39, 0.29) is 0 Å². The second kappa shape index (κ2) is 3.39. The van der Waals surface area contributed by atoms with Gasteiger partial charge < -0.3 is 9.68 Å². The van der Waals surface area contributed by atoms with Crippen LogP contribution in [0.3, 0.4) is 0 Å². The second-order valence-electron chi connectivity index (χ2n) is 2.31. The van der Waals surface area contributed by atoms with Crippen LogP contribution in [0.4, 0.5) is 0 Å². The van der Waals surface area contributed by atoms with Crippen molar-refractivity contribution in [2.45, 2.75) is 13.8 Å². The number of nitrogens with zero attached hydrogens (tertiary/aromatic N) is 1. The first-order chi connectivity index (χ1) is 5.24. The molecule has 0 bridgehead atoms. The van der Waals surface area contributed by atoms with E-state index in [2.05, 4.69) is 4.98 Å². The topological polar surface area (TPSA) is 42.4 Å². The Bertz CT molecular complexity index is 252. The smallest absolute Gasteiger partial charge is 0.537 e. The minimum Gasteiger partial charge on any atom is -0.537 e. The normalized spacial score (nSPS) is 9.36. The van der Waals surface area contributed by atoms with Crippen LogP contribution < -0.4 is 4.65 Å². The van der Waals surface area contributed by atoms with Crippen molar-refractivity contribution in [1.82, 2.24) is 4.98 Å². The van der Waals surface area contributed by atoms with Crippen LogP contribution in [-0.2, 0) is 0 Å². The van der Waals surface area contributed by atoms with Crippen molar-refractivity contribution >= 4 is 7.69 Å². The van der Waals surface area contributed by atoms with Gasteiger partial charge in [-0.2, -0.15) is 0 Å². The predicted molar refractivity (Wildman–Crippen MR) is 42.3 cm³/mol. The van der Waals surface area contributed by atoms with E-state index >= 15 is 0 Å². The van der Waals surface area contributed by atoms with Crippen LogP contribution in [0.1, 0.15) is 11.3 Å². The van der Waals surface area contributed by atoms with Gasteiger partial charge in [0, 0.05) is 17.5 Å². The van der Waals surface area contributed by atoms with Gasteiger partial charge in [0.1, 0.15) is 5.75 Å². The average molecular weight is 150 g/mol. The molecule has 1 radical (unpaired) electrons. The van der Waals surface area contributed by atoms with Gasteiger partial charge in [-0.15, -0.1) is 0 Å². The lowest BCUT2D eigenvalue weighted by molar-refractivity contribution is 0.451. The van der Waals surface area contributed by atoms with E-state index in [0.29, 0.717) is 13.4 Å². The molecule has 1 aromatic heterocycles. The van der Waals surface area contributed by atoms with Crippen LogP contribution in [0.15, 0.2) is 12.3 Å². The van der Waals surface area contributed by atoms with Crippen molar-refractivity contribution in [1.29, 1.82) is 0 Å². The SMILES string of the molecule is Cc1cc(O[B]O)c(C)cn1. The molecule has 3 nitrogen and oxygen atoms in total. The fourth-order valence-electron chi connectivity index (χ4n) is 0.787. The molecule has 1 N–H and O–H groups in total. The van der Waals surface area contributed by atoms with Gasteiger partial charge in [0.25, 0.3) is 0 Å². The van der Waals surface area contributed by atoms with Crippen molar-refractivity contribution in [2.24, 2.45) is 0 Å². The molecule has 11 heavy (non-hydrogen) atoms. The zero-order valence-electron chi connectivity index (χ0n) is 6.53. The number of rotatable bonds is 2. The molecular weight excluding hydrogens is 141 g/mol. The summed E-state index contributed by atoms with van der Waals surface area (Å²) in [6.45, 7) is 3.73. The highest BCUT2D eigenvalue weighted by Crippen LogP contribution is 2.15. The third-order valence-corrected chi connectivity index (χ3v) is 1.37. The van der Waals surface area contributed by atoms with Gasteiger partial charge in [-0.3, -0.25) is 4.98 Å². The molecule has 0 aromatic carbocycles. The lowest BCUT2D eigenvalue weighted by Gasteiger charge is -2.04. The van der Waals surface area contributed by atoms with E-state index in [9.17, 15) is 0 Å². The summed E-state index contributed by atoms with van der Waals surface area (Å²) in [5.41, 5.74) is 1.77. The molecule has 0 aliphatic carbocycles. The van der Waals surface area contributed by atoms with Crippen LogP contribution in [0.25, 0.3) is 0 Å². The molecule has 0 spiro atoms. The molecule has 0 saturated heterocycles. The summed E-state index contributed by atoms with van der Waals surface area (Å²) >= 11 is 0. The van der Waals surface area contributed by atoms with E-state index in [4.69, 9.17) is 9.68 Å². The fraction of sp³-hybridized carbons (Fsp3) is 0.286. The van der Waals surface area contributed by atoms with Gasteiger partial charge in [-0.05, 0) is 19.9 Å². The Balaban J connectivity index is 2.93. The first-order valence-electron chi connectivity index (χ1n) is 3.30. The Morgan fingerprint density at radius 2 is 2.27 bits per heavy atom. The monoisotopic (exact) mass is 150 g/mol. The van der Waals surface area contributed by atoms with E-state index < -0.39 is 0 Å². The maximum absolute atomic E-state index is 8.37. The molecule has 0 unspecified atom stereocenters. The van der Waals surface area contributed by atoms with E-state index in [1.54, 1.807) is 12.3 Å². The molecule has 0 saturated carbocycles. The molecule has 57 valence electrons. The summed E-state index contributed by atoms with van der Waals surface area (Å²) in [5, 5.41) is 8.37. The molecule has 1 aromatic rings. The number of hydrogen-bond donors (Lipinski definition) is 1. The van der Waals surface area contributed by atoms with Gasteiger partial charge in [0.2, 0.25) is 0 Å². The minimum atomic E-state index is 0.639. The zero-order chi connectivity index (χ0) is 8.27. The summed E-state index contributed by atoms with van der Waals surface area (Å²) in [4.78, 5) is 4.05. The van der Waals surface area contributed by atoms with Crippen LogP contribution in [0.2, 0.25) is 0 Å². The first kappa shape index (κ1) is 8.08. The summed E-state index contributed by atoms with van der Waals surface area (Å²) in [6.07, 6.45) is 1.70. The highest BCUT2D eigenvalue weighted by atomic mass is 16.5. The number of aryl methyl sites for hydroxylation is 2. The van der Waals surface area contributed by atoms with Crippen LogP contribution in [-0.4, -0.2) is 17.7 Å². The highest BCUT2D eigenvalue weighted by Gasteiger charge is 1.99. The summed E-state index contributed by atoms with van der Waals surface area (Å²) in [5.74, 6) is 0.639. The Morgan fingerprint density at radius 3 is 2.91 bits per heavy atom. The van der Waals surface area contributed by atoms with Crippen LogP contribution >= 0.6 is 0 Å². The highest BCUT2D eigenvalue weighted by molar-refractivity contribution is 6.17. The molecule has 4 heteroatoms. The molecule has 0 aliphatic rings. The minimum absolute atomic E-state index is 0.639. The van der Waals surface area contributed by atoms with E-state index in [0.717, 1.165) is 11.3 Å². The van der Waals surface area contributed by atoms with Gasteiger partial charge in [-0.1, -0.05) is 0 Å². The Hall–Kier alpha value is -1.03. The van der Waals surface area contributed by atoms with Crippen molar-refractivity contribution < 1.29 is 9.68 Å². The fourth-order valence-corrected chi connectivity index (χ4v) is 0.787. The quantitative estimate of drug-likeness (QED) is 0.627.